The fraction of sp³-hybridized carbons (Fsp3) is 0.308. The number of nitrogens with two attached hydrogens (primary N) is 1. The smallest absolute Gasteiger partial charge is 0.227 e. The van der Waals surface area contributed by atoms with Crippen molar-refractivity contribution in [1.82, 2.24) is 15.2 Å². The standard InChI is InChI=1S/C13H15N5O/c14-7-11-16-12(18-17-11)8-3-5-10(6-4-8)15-13(19)9-1-2-9/h3-6,9H,1-2,7,14H2,(H,15,19)(H,16,17,18). The molecule has 19 heavy (non-hydrogen) atoms. The fourth-order valence-electron chi connectivity index (χ4n) is 1.81. The van der Waals surface area contributed by atoms with E-state index in [4.69, 9.17) is 5.73 Å². The van der Waals surface area contributed by atoms with Gasteiger partial charge in [-0.05, 0) is 37.1 Å². The van der Waals surface area contributed by atoms with Crippen molar-refractivity contribution >= 4 is 11.6 Å². The Balaban J connectivity index is 1.72. The lowest BCUT2D eigenvalue weighted by Gasteiger charge is -2.04. The summed E-state index contributed by atoms with van der Waals surface area (Å²) < 4.78 is 0. The molecule has 98 valence electrons. The van der Waals surface area contributed by atoms with Crippen LogP contribution >= 0.6 is 0 Å². The van der Waals surface area contributed by atoms with Crippen LogP contribution in [-0.4, -0.2) is 21.1 Å². The molecular weight excluding hydrogens is 242 g/mol. The van der Waals surface area contributed by atoms with Gasteiger partial charge in [-0.1, -0.05) is 0 Å². The van der Waals surface area contributed by atoms with E-state index in [-0.39, 0.29) is 11.8 Å². The van der Waals surface area contributed by atoms with Crippen LogP contribution in [0.5, 0.6) is 0 Å². The zero-order chi connectivity index (χ0) is 13.2. The van der Waals surface area contributed by atoms with E-state index in [0.29, 0.717) is 18.2 Å². The first-order chi connectivity index (χ1) is 9.26. The second-order valence-corrected chi connectivity index (χ2v) is 4.65. The summed E-state index contributed by atoms with van der Waals surface area (Å²) in [6.45, 7) is 0.336. The van der Waals surface area contributed by atoms with E-state index in [9.17, 15) is 4.79 Å². The van der Waals surface area contributed by atoms with Crippen LogP contribution in [0.4, 0.5) is 5.69 Å². The Labute approximate surface area is 110 Å². The Hall–Kier alpha value is -2.21. The lowest BCUT2D eigenvalue weighted by molar-refractivity contribution is -0.117. The normalized spacial score (nSPS) is 14.4. The SMILES string of the molecule is NCc1nc(-c2ccc(NC(=O)C3CC3)cc2)n[nH]1. The summed E-state index contributed by atoms with van der Waals surface area (Å²) in [4.78, 5) is 15.9. The number of H-pyrrole nitrogens is 1. The summed E-state index contributed by atoms with van der Waals surface area (Å²) in [5, 5.41) is 9.74. The number of amides is 1. The largest absolute Gasteiger partial charge is 0.326 e. The molecule has 0 saturated heterocycles. The quantitative estimate of drug-likeness (QED) is 0.768. The van der Waals surface area contributed by atoms with Crippen LogP contribution < -0.4 is 11.1 Å². The number of aromatic nitrogens is 3. The Bertz CT molecular complexity index is 585. The van der Waals surface area contributed by atoms with E-state index in [1.165, 1.54) is 0 Å². The van der Waals surface area contributed by atoms with Gasteiger partial charge in [0.15, 0.2) is 5.82 Å². The number of hydrogen-bond acceptors (Lipinski definition) is 4. The maximum Gasteiger partial charge on any atom is 0.227 e. The van der Waals surface area contributed by atoms with Gasteiger partial charge < -0.3 is 11.1 Å². The highest BCUT2D eigenvalue weighted by Crippen LogP contribution is 2.30. The first-order valence-electron chi connectivity index (χ1n) is 6.29. The van der Waals surface area contributed by atoms with Crippen molar-refractivity contribution in [3.8, 4) is 11.4 Å². The molecule has 0 atom stereocenters. The van der Waals surface area contributed by atoms with Crippen molar-refractivity contribution in [3.05, 3.63) is 30.1 Å². The first-order valence-corrected chi connectivity index (χ1v) is 6.29. The molecule has 0 unspecified atom stereocenters. The molecule has 1 aliphatic carbocycles. The molecule has 6 nitrogen and oxygen atoms in total. The summed E-state index contributed by atoms with van der Waals surface area (Å²) >= 11 is 0. The van der Waals surface area contributed by atoms with Gasteiger partial charge in [-0.15, -0.1) is 0 Å². The van der Waals surface area contributed by atoms with Crippen molar-refractivity contribution in [2.75, 3.05) is 5.32 Å². The first kappa shape index (κ1) is 11.9. The second kappa shape index (κ2) is 4.81. The van der Waals surface area contributed by atoms with Gasteiger partial charge in [0.2, 0.25) is 5.91 Å². The van der Waals surface area contributed by atoms with Gasteiger partial charge in [-0.3, -0.25) is 9.89 Å². The molecule has 1 fully saturated rings. The minimum Gasteiger partial charge on any atom is -0.326 e. The second-order valence-electron chi connectivity index (χ2n) is 4.65. The number of aromatic amines is 1. The van der Waals surface area contributed by atoms with Gasteiger partial charge in [0, 0.05) is 17.2 Å². The van der Waals surface area contributed by atoms with Gasteiger partial charge in [-0.25, -0.2) is 4.98 Å². The van der Waals surface area contributed by atoms with E-state index in [1.54, 1.807) is 0 Å². The topological polar surface area (TPSA) is 96.7 Å². The molecule has 0 radical (unpaired) electrons. The summed E-state index contributed by atoms with van der Waals surface area (Å²) in [5.41, 5.74) is 7.16. The number of nitrogens with one attached hydrogen (secondary N) is 2. The van der Waals surface area contributed by atoms with E-state index < -0.39 is 0 Å². The van der Waals surface area contributed by atoms with Crippen LogP contribution in [0.25, 0.3) is 11.4 Å². The molecule has 0 aliphatic heterocycles. The van der Waals surface area contributed by atoms with Crippen LogP contribution in [0.1, 0.15) is 18.7 Å². The molecule has 4 N–H and O–H groups in total. The molecule has 1 aliphatic rings. The number of carbonyl (C=O) groups is 1. The van der Waals surface area contributed by atoms with Crippen molar-refractivity contribution in [3.63, 3.8) is 0 Å². The van der Waals surface area contributed by atoms with Gasteiger partial charge in [0.05, 0.1) is 6.54 Å². The number of carbonyl (C=O) groups excluding carboxylic acids is 1. The van der Waals surface area contributed by atoms with Crippen LogP contribution in [0, 0.1) is 5.92 Å². The summed E-state index contributed by atoms with van der Waals surface area (Å²) in [6.07, 6.45) is 2.01. The molecule has 1 amide bonds. The van der Waals surface area contributed by atoms with Crippen molar-refractivity contribution < 1.29 is 4.79 Å². The predicted octanol–water partition coefficient (Wildman–Crippen LogP) is 1.28. The van der Waals surface area contributed by atoms with E-state index >= 15 is 0 Å². The summed E-state index contributed by atoms with van der Waals surface area (Å²) in [6, 6.07) is 7.47. The van der Waals surface area contributed by atoms with Crippen molar-refractivity contribution in [2.24, 2.45) is 11.7 Å². The molecule has 2 aromatic rings. The maximum absolute atomic E-state index is 11.6. The van der Waals surface area contributed by atoms with Crippen LogP contribution in [0.2, 0.25) is 0 Å². The minimum atomic E-state index is 0.107. The van der Waals surface area contributed by atoms with Crippen LogP contribution in [0.3, 0.4) is 0 Å². The molecule has 3 rings (SSSR count). The molecule has 0 bridgehead atoms. The molecule has 1 aromatic carbocycles. The zero-order valence-corrected chi connectivity index (χ0v) is 10.4. The lowest BCUT2D eigenvalue weighted by atomic mass is 10.2. The molecule has 1 heterocycles. The Morgan fingerprint density at radius 3 is 2.68 bits per heavy atom. The summed E-state index contributed by atoms with van der Waals surface area (Å²) in [7, 11) is 0. The average molecular weight is 257 g/mol. The lowest BCUT2D eigenvalue weighted by Crippen LogP contribution is -2.12. The van der Waals surface area contributed by atoms with Gasteiger partial charge >= 0.3 is 0 Å². The molecule has 6 heteroatoms. The average Bonchev–Trinajstić information content (AvgIpc) is 3.18. The number of nitrogens with zero attached hydrogens (tertiary/aromatic N) is 2. The minimum absolute atomic E-state index is 0.107. The third-order valence-corrected chi connectivity index (χ3v) is 3.08. The van der Waals surface area contributed by atoms with Crippen molar-refractivity contribution in [1.29, 1.82) is 0 Å². The van der Waals surface area contributed by atoms with Gasteiger partial charge in [0.1, 0.15) is 5.82 Å². The number of benzene rings is 1. The van der Waals surface area contributed by atoms with Crippen LogP contribution in [-0.2, 0) is 11.3 Å². The molecule has 0 spiro atoms. The number of hydrogen-bond donors (Lipinski definition) is 3. The summed E-state index contributed by atoms with van der Waals surface area (Å²) in [5.74, 6) is 1.58. The predicted molar refractivity (Wildman–Crippen MR) is 71.1 cm³/mol. The molecular formula is C13H15N5O. The van der Waals surface area contributed by atoms with E-state index in [2.05, 4.69) is 20.5 Å². The van der Waals surface area contributed by atoms with E-state index in [0.717, 1.165) is 24.1 Å². The van der Waals surface area contributed by atoms with Crippen LogP contribution in [0.15, 0.2) is 24.3 Å². The highest BCUT2D eigenvalue weighted by molar-refractivity contribution is 5.94. The number of anilines is 1. The zero-order valence-electron chi connectivity index (χ0n) is 10.4. The monoisotopic (exact) mass is 257 g/mol. The van der Waals surface area contributed by atoms with Gasteiger partial charge in [-0.2, -0.15) is 5.10 Å². The third-order valence-electron chi connectivity index (χ3n) is 3.08. The maximum atomic E-state index is 11.6. The Morgan fingerprint density at radius 1 is 1.37 bits per heavy atom. The Morgan fingerprint density at radius 2 is 2.11 bits per heavy atom. The van der Waals surface area contributed by atoms with Gasteiger partial charge in [0.25, 0.3) is 0 Å². The highest BCUT2D eigenvalue weighted by Gasteiger charge is 2.29. The van der Waals surface area contributed by atoms with E-state index in [1.807, 2.05) is 24.3 Å². The number of rotatable bonds is 4. The van der Waals surface area contributed by atoms with Crippen molar-refractivity contribution in [2.45, 2.75) is 19.4 Å². The molecule has 1 aromatic heterocycles. The Kier molecular flexibility index (Phi) is 3.00. The third kappa shape index (κ3) is 2.63. The highest BCUT2D eigenvalue weighted by atomic mass is 16.2. The fourth-order valence-corrected chi connectivity index (χ4v) is 1.81. The molecule has 1 saturated carbocycles.